The molecule has 0 spiro atoms. The Labute approximate surface area is 106 Å². The van der Waals surface area contributed by atoms with E-state index in [-0.39, 0.29) is 11.2 Å². The predicted octanol–water partition coefficient (Wildman–Crippen LogP) is 1.60. The van der Waals surface area contributed by atoms with E-state index in [0.29, 0.717) is 16.9 Å². The molecular weight excluding hydrogens is 248 g/mol. The normalized spacial score (nSPS) is 10.7. The maximum Gasteiger partial charge on any atom is 0.274 e. The van der Waals surface area contributed by atoms with Crippen LogP contribution in [0, 0.1) is 10.1 Å². The lowest BCUT2D eigenvalue weighted by Crippen LogP contribution is -2.14. The maximum atomic E-state index is 11.8. The molecule has 0 bridgehead atoms. The van der Waals surface area contributed by atoms with Crippen molar-refractivity contribution >= 4 is 11.3 Å². The molecule has 0 fully saturated rings. The molecule has 19 heavy (non-hydrogen) atoms. The van der Waals surface area contributed by atoms with Crippen LogP contribution in [-0.4, -0.2) is 19.5 Å². The fourth-order valence-electron chi connectivity index (χ4n) is 1.87. The monoisotopic (exact) mass is 256 g/mol. The minimum atomic E-state index is -0.473. The maximum absolute atomic E-state index is 11.8. The number of aromatic nitrogens is 3. The van der Waals surface area contributed by atoms with Crippen molar-refractivity contribution in [1.82, 2.24) is 14.6 Å². The summed E-state index contributed by atoms with van der Waals surface area (Å²) < 4.78 is 1.22. The van der Waals surface area contributed by atoms with Gasteiger partial charge in [-0.15, -0.1) is 0 Å². The van der Waals surface area contributed by atoms with Gasteiger partial charge in [0.05, 0.1) is 16.8 Å². The van der Waals surface area contributed by atoms with Crippen molar-refractivity contribution in [3.63, 3.8) is 0 Å². The first kappa shape index (κ1) is 11.1. The van der Waals surface area contributed by atoms with Crippen LogP contribution in [-0.2, 0) is 0 Å². The number of H-pyrrole nitrogens is 1. The molecule has 1 aromatic carbocycles. The van der Waals surface area contributed by atoms with E-state index < -0.39 is 4.92 Å². The molecule has 0 radical (unpaired) electrons. The van der Waals surface area contributed by atoms with Gasteiger partial charge in [0.25, 0.3) is 11.2 Å². The number of rotatable bonds is 2. The lowest BCUT2D eigenvalue weighted by molar-refractivity contribution is -0.384. The molecule has 0 amide bonds. The summed E-state index contributed by atoms with van der Waals surface area (Å²) in [6, 6.07) is 9.11. The van der Waals surface area contributed by atoms with Gasteiger partial charge in [-0.2, -0.15) is 9.61 Å². The van der Waals surface area contributed by atoms with E-state index in [1.807, 2.05) is 0 Å². The largest absolute Gasteiger partial charge is 0.339 e. The zero-order valence-corrected chi connectivity index (χ0v) is 9.61. The average molecular weight is 256 g/mol. The summed E-state index contributed by atoms with van der Waals surface area (Å²) >= 11 is 0. The van der Waals surface area contributed by atoms with Crippen LogP contribution in [0.3, 0.4) is 0 Å². The standard InChI is InChI=1S/C12H8N4O3/c17-12-7-10(14-11-4-5-13-15(11)12)8-2-1-3-9(6-8)16(18)19/h1-7,14H. The number of nitrogens with zero attached hydrogens (tertiary/aromatic N) is 3. The fourth-order valence-corrected chi connectivity index (χ4v) is 1.87. The molecule has 0 unspecified atom stereocenters. The van der Waals surface area contributed by atoms with E-state index in [9.17, 15) is 14.9 Å². The van der Waals surface area contributed by atoms with Crippen molar-refractivity contribution < 1.29 is 4.92 Å². The predicted molar refractivity (Wildman–Crippen MR) is 67.9 cm³/mol. The SMILES string of the molecule is O=c1cc(-c2cccc([N+](=O)[O-])c2)[nH]c2ccnn12. The summed E-state index contributed by atoms with van der Waals surface area (Å²) in [4.78, 5) is 25.1. The molecule has 2 aromatic heterocycles. The number of benzene rings is 1. The summed E-state index contributed by atoms with van der Waals surface area (Å²) in [5, 5.41) is 14.6. The van der Waals surface area contributed by atoms with Crippen LogP contribution in [0.4, 0.5) is 5.69 Å². The van der Waals surface area contributed by atoms with Crippen LogP contribution in [0.25, 0.3) is 16.9 Å². The van der Waals surface area contributed by atoms with Gasteiger partial charge in [0.2, 0.25) is 0 Å². The first-order valence-electron chi connectivity index (χ1n) is 5.47. The summed E-state index contributed by atoms with van der Waals surface area (Å²) in [6.07, 6.45) is 1.50. The molecule has 0 atom stereocenters. The van der Waals surface area contributed by atoms with Crippen LogP contribution in [0.1, 0.15) is 0 Å². The van der Waals surface area contributed by atoms with Gasteiger partial charge >= 0.3 is 0 Å². The van der Waals surface area contributed by atoms with E-state index in [1.54, 1.807) is 18.2 Å². The van der Waals surface area contributed by atoms with Crippen molar-refractivity contribution in [1.29, 1.82) is 0 Å². The molecule has 1 N–H and O–H groups in total. The van der Waals surface area contributed by atoms with Gasteiger partial charge in [0.1, 0.15) is 5.65 Å². The molecule has 0 aliphatic rings. The fraction of sp³-hybridized carbons (Fsp3) is 0. The second-order valence-electron chi connectivity index (χ2n) is 3.96. The van der Waals surface area contributed by atoms with E-state index >= 15 is 0 Å². The Balaban J connectivity index is 2.21. The van der Waals surface area contributed by atoms with Gasteiger partial charge in [0.15, 0.2) is 0 Å². The Kier molecular flexibility index (Phi) is 2.38. The molecule has 0 aliphatic heterocycles. The van der Waals surface area contributed by atoms with Crippen molar-refractivity contribution in [2.45, 2.75) is 0 Å². The highest BCUT2D eigenvalue weighted by Gasteiger charge is 2.09. The number of nitrogens with one attached hydrogen (secondary N) is 1. The minimum Gasteiger partial charge on any atom is -0.339 e. The highest BCUT2D eigenvalue weighted by atomic mass is 16.6. The first-order valence-corrected chi connectivity index (χ1v) is 5.47. The van der Waals surface area contributed by atoms with Crippen LogP contribution >= 0.6 is 0 Å². The van der Waals surface area contributed by atoms with Crippen LogP contribution in [0.15, 0.2) is 47.4 Å². The zero-order chi connectivity index (χ0) is 13.4. The molecular formula is C12H8N4O3. The summed E-state index contributed by atoms with van der Waals surface area (Å²) in [5.41, 5.74) is 1.32. The summed E-state index contributed by atoms with van der Waals surface area (Å²) in [6.45, 7) is 0. The van der Waals surface area contributed by atoms with Crippen molar-refractivity contribution in [2.75, 3.05) is 0 Å². The van der Waals surface area contributed by atoms with E-state index in [0.717, 1.165) is 0 Å². The third-order valence-corrected chi connectivity index (χ3v) is 2.75. The molecule has 94 valence electrons. The van der Waals surface area contributed by atoms with Gasteiger partial charge in [-0.1, -0.05) is 12.1 Å². The van der Waals surface area contributed by atoms with Crippen molar-refractivity contribution in [3.05, 3.63) is 63.1 Å². The molecule has 0 saturated carbocycles. The molecule has 0 aliphatic carbocycles. The Morgan fingerprint density at radius 3 is 2.89 bits per heavy atom. The topological polar surface area (TPSA) is 93.3 Å². The number of fused-ring (bicyclic) bond motifs is 1. The van der Waals surface area contributed by atoms with Crippen LogP contribution < -0.4 is 5.56 Å². The number of non-ortho nitro benzene ring substituents is 1. The van der Waals surface area contributed by atoms with E-state index in [4.69, 9.17) is 0 Å². The van der Waals surface area contributed by atoms with Crippen LogP contribution in [0.5, 0.6) is 0 Å². The third kappa shape index (κ3) is 1.86. The van der Waals surface area contributed by atoms with E-state index in [2.05, 4.69) is 10.1 Å². The summed E-state index contributed by atoms with van der Waals surface area (Å²) in [5.74, 6) is 0. The summed E-state index contributed by atoms with van der Waals surface area (Å²) in [7, 11) is 0. The highest BCUT2D eigenvalue weighted by Crippen LogP contribution is 2.21. The second-order valence-corrected chi connectivity index (χ2v) is 3.96. The van der Waals surface area contributed by atoms with Gasteiger partial charge < -0.3 is 4.98 Å². The molecule has 7 nitrogen and oxygen atoms in total. The Morgan fingerprint density at radius 1 is 1.26 bits per heavy atom. The van der Waals surface area contributed by atoms with Gasteiger partial charge in [0, 0.05) is 29.8 Å². The minimum absolute atomic E-state index is 0.0215. The highest BCUT2D eigenvalue weighted by molar-refractivity contribution is 5.64. The molecule has 2 heterocycles. The Bertz CT molecular complexity index is 834. The van der Waals surface area contributed by atoms with Gasteiger partial charge in [-0.05, 0) is 0 Å². The second kappa shape index (κ2) is 4.05. The molecule has 7 heteroatoms. The molecule has 3 aromatic rings. The quantitative estimate of drug-likeness (QED) is 0.556. The van der Waals surface area contributed by atoms with E-state index in [1.165, 1.54) is 28.9 Å². The average Bonchev–Trinajstić information content (AvgIpc) is 2.87. The molecule has 3 rings (SSSR count). The number of nitro groups is 1. The lowest BCUT2D eigenvalue weighted by Gasteiger charge is -2.02. The molecule has 0 saturated heterocycles. The Morgan fingerprint density at radius 2 is 2.11 bits per heavy atom. The smallest absolute Gasteiger partial charge is 0.274 e. The third-order valence-electron chi connectivity index (χ3n) is 2.75. The number of nitro benzene ring substituents is 1. The number of aromatic amines is 1. The van der Waals surface area contributed by atoms with Crippen molar-refractivity contribution in [2.24, 2.45) is 0 Å². The Hall–Kier alpha value is -2.96. The first-order chi connectivity index (χ1) is 9.15. The van der Waals surface area contributed by atoms with Gasteiger partial charge in [-0.3, -0.25) is 14.9 Å². The van der Waals surface area contributed by atoms with Crippen LogP contribution in [0.2, 0.25) is 0 Å². The van der Waals surface area contributed by atoms with Gasteiger partial charge in [-0.25, -0.2) is 0 Å². The lowest BCUT2D eigenvalue weighted by atomic mass is 10.1. The zero-order valence-electron chi connectivity index (χ0n) is 9.61. The van der Waals surface area contributed by atoms with Crippen molar-refractivity contribution in [3.8, 4) is 11.3 Å². The number of hydrogen-bond acceptors (Lipinski definition) is 4. The number of hydrogen-bond donors (Lipinski definition) is 1.